The summed E-state index contributed by atoms with van der Waals surface area (Å²) in [6, 6.07) is 2.95. The molecule has 6 heteroatoms. The number of carbonyl (C=O) groups is 1. The Labute approximate surface area is 131 Å². The van der Waals surface area contributed by atoms with Crippen LogP contribution in [0.4, 0.5) is 0 Å². The van der Waals surface area contributed by atoms with Gasteiger partial charge in [-0.15, -0.1) is 0 Å². The Bertz CT molecular complexity index is 660. The van der Waals surface area contributed by atoms with Crippen molar-refractivity contribution in [2.24, 2.45) is 5.41 Å². The number of benzene rings is 1. The van der Waals surface area contributed by atoms with Crippen molar-refractivity contribution >= 4 is 25.6 Å². The van der Waals surface area contributed by atoms with E-state index in [-0.39, 0.29) is 22.3 Å². The SMILES string of the molecule is Cc1cc(C(=O)NC(C)C(C)(C)C)cc(S(=O)(=O)Cl)c1C. The van der Waals surface area contributed by atoms with E-state index in [0.717, 1.165) is 0 Å². The minimum absolute atomic E-state index is 0.0160. The van der Waals surface area contributed by atoms with Crippen LogP contribution in [-0.4, -0.2) is 20.4 Å². The van der Waals surface area contributed by atoms with Crippen LogP contribution in [0.2, 0.25) is 0 Å². The van der Waals surface area contributed by atoms with E-state index in [9.17, 15) is 13.2 Å². The third-order valence-corrected chi connectivity index (χ3v) is 5.24. The van der Waals surface area contributed by atoms with Crippen LogP contribution in [0.5, 0.6) is 0 Å². The number of carbonyl (C=O) groups excluding carboxylic acids is 1. The van der Waals surface area contributed by atoms with Crippen LogP contribution < -0.4 is 5.32 Å². The minimum Gasteiger partial charge on any atom is -0.349 e. The second-order valence-electron chi connectivity index (χ2n) is 6.42. The van der Waals surface area contributed by atoms with Crippen LogP contribution in [0.15, 0.2) is 17.0 Å². The van der Waals surface area contributed by atoms with E-state index in [1.807, 2.05) is 27.7 Å². The summed E-state index contributed by atoms with van der Waals surface area (Å²) in [6.45, 7) is 11.4. The van der Waals surface area contributed by atoms with Crippen molar-refractivity contribution in [1.29, 1.82) is 0 Å². The molecule has 118 valence electrons. The molecule has 1 unspecified atom stereocenters. The highest BCUT2D eigenvalue weighted by atomic mass is 35.7. The average molecular weight is 332 g/mol. The van der Waals surface area contributed by atoms with Gasteiger partial charge in [-0.25, -0.2) is 8.42 Å². The fourth-order valence-electron chi connectivity index (χ4n) is 1.71. The lowest BCUT2D eigenvalue weighted by Gasteiger charge is -2.28. The van der Waals surface area contributed by atoms with Crippen LogP contribution >= 0.6 is 10.7 Å². The summed E-state index contributed by atoms with van der Waals surface area (Å²) in [7, 11) is 1.55. The zero-order valence-corrected chi connectivity index (χ0v) is 14.8. The Hall–Kier alpha value is -1.07. The Morgan fingerprint density at radius 2 is 1.76 bits per heavy atom. The molecule has 0 bridgehead atoms. The van der Waals surface area contributed by atoms with Gasteiger partial charge in [0.25, 0.3) is 15.0 Å². The Kier molecular flexibility index (Phi) is 5.11. The van der Waals surface area contributed by atoms with Crippen LogP contribution in [0.3, 0.4) is 0 Å². The second kappa shape index (κ2) is 5.97. The Balaban J connectivity index is 3.21. The topological polar surface area (TPSA) is 63.2 Å². The maximum Gasteiger partial charge on any atom is 0.261 e. The van der Waals surface area contributed by atoms with Crippen molar-refractivity contribution in [2.75, 3.05) is 0 Å². The first-order valence-corrected chi connectivity index (χ1v) is 9.01. The van der Waals surface area contributed by atoms with Crippen molar-refractivity contribution in [1.82, 2.24) is 5.32 Å². The van der Waals surface area contributed by atoms with Gasteiger partial charge in [0, 0.05) is 22.3 Å². The van der Waals surface area contributed by atoms with Crippen molar-refractivity contribution in [3.8, 4) is 0 Å². The lowest BCUT2D eigenvalue weighted by atomic mass is 9.88. The summed E-state index contributed by atoms with van der Waals surface area (Å²) < 4.78 is 23.2. The molecule has 1 N–H and O–H groups in total. The minimum atomic E-state index is -3.88. The first-order chi connectivity index (χ1) is 9.34. The molecule has 0 saturated carbocycles. The molecule has 0 fully saturated rings. The fraction of sp³-hybridized carbons (Fsp3) is 0.533. The van der Waals surface area contributed by atoms with Gasteiger partial charge in [0.05, 0.1) is 4.90 Å². The Morgan fingerprint density at radius 1 is 1.24 bits per heavy atom. The molecule has 1 rings (SSSR count). The van der Waals surface area contributed by atoms with Gasteiger partial charge < -0.3 is 5.32 Å². The quantitative estimate of drug-likeness (QED) is 0.863. The van der Waals surface area contributed by atoms with E-state index < -0.39 is 9.05 Å². The van der Waals surface area contributed by atoms with E-state index >= 15 is 0 Å². The van der Waals surface area contributed by atoms with Crippen LogP contribution in [0.25, 0.3) is 0 Å². The van der Waals surface area contributed by atoms with E-state index in [1.165, 1.54) is 6.07 Å². The number of aryl methyl sites for hydroxylation is 1. The molecule has 1 atom stereocenters. The summed E-state index contributed by atoms with van der Waals surface area (Å²) in [5.74, 6) is -0.304. The molecule has 0 radical (unpaired) electrons. The van der Waals surface area contributed by atoms with Crippen molar-refractivity contribution in [3.63, 3.8) is 0 Å². The Morgan fingerprint density at radius 3 is 2.19 bits per heavy atom. The molecule has 0 spiro atoms. The lowest BCUT2D eigenvalue weighted by Crippen LogP contribution is -2.41. The predicted octanol–water partition coefficient (Wildman–Crippen LogP) is 3.40. The summed E-state index contributed by atoms with van der Waals surface area (Å²) in [5.41, 5.74) is 1.49. The van der Waals surface area contributed by atoms with Gasteiger partial charge in [-0.2, -0.15) is 0 Å². The highest BCUT2D eigenvalue weighted by Crippen LogP contribution is 2.25. The number of halogens is 1. The summed E-state index contributed by atoms with van der Waals surface area (Å²) in [5, 5.41) is 2.88. The lowest BCUT2D eigenvalue weighted by molar-refractivity contribution is 0.0910. The van der Waals surface area contributed by atoms with Gasteiger partial charge >= 0.3 is 0 Å². The van der Waals surface area contributed by atoms with E-state index in [1.54, 1.807) is 19.9 Å². The molecule has 0 aliphatic carbocycles. The molecule has 1 aromatic rings. The highest BCUT2D eigenvalue weighted by Gasteiger charge is 2.24. The molecule has 0 heterocycles. The molecule has 1 aromatic carbocycles. The number of nitrogens with one attached hydrogen (secondary N) is 1. The molecule has 0 aromatic heterocycles. The molecule has 0 saturated heterocycles. The zero-order chi connectivity index (χ0) is 16.6. The molecular formula is C15H22ClNO3S. The first-order valence-electron chi connectivity index (χ1n) is 6.71. The largest absolute Gasteiger partial charge is 0.349 e. The van der Waals surface area contributed by atoms with Crippen LogP contribution in [0, 0.1) is 19.3 Å². The van der Waals surface area contributed by atoms with E-state index in [4.69, 9.17) is 10.7 Å². The number of hydrogen-bond donors (Lipinski definition) is 1. The predicted molar refractivity (Wildman–Crippen MR) is 85.3 cm³/mol. The maximum absolute atomic E-state index is 12.3. The number of amides is 1. The smallest absolute Gasteiger partial charge is 0.261 e. The van der Waals surface area contributed by atoms with Gasteiger partial charge in [0.15, 0.2) is 0 Å². The molecular weight excluding hydrogens is 310 g/mol. The number of hydrogen-bond acceptors (Lipinski definition) is 3. The van der Waals surface area contributed by atoms with Gasteiger partial charge in [0.2, 0.25) is 0 Å². The molecule has 21 heavy (non-hydrogen) atoms. The molecule has 1 amide bonds. The summed E-state index contributed by atoms with van der Waals surface area (Å²) in [4.78, 5) is 12.3. The third kappa shape index (κ3) is 4.45. The zero-order valence-electron chi connectivity index (χ0n) is 13.2. The van der Waals surface area contributed by atoms with Crippen molar-refractivity contribution in [2.45, 2.75) is 52.5 Å². The molecule has 0 aliphatic heterocycles. The third-order valence-electron chi connectivity index (χ3n) is 3.79. The second-order valence-corrected chi connectivity index (χ2v) is 8.95. The van der Waals surface area contributed by atoms with E-state index in [0.29, 0.717) is 16.7 Å². The standard InChI is InChI=1S/C15H22ClNO3S/c1-9-7-12(8-13(10(9)2)21(16,19)20)14(18)17-11(3)15(4,5)6/h7-8,11H,1-6H3,(H,17,18). The van der Waals surface area contributed by atoms with Gasteiger partial charge in [-0.05, 0) is 49.4 Å². The maximum atomic E-state index is 12.3. The average Bonchev–Trinajstić information content (AvgIpc) is 2.29. The number of rotatable bonds is 3. The van der Waals surface area contributed by atoms with Crippen molar-refractivity contribution in [3.05, 3.63) is 28.8 Å². The van der Waals surface area contributed by atoms with Gasteiger partial charge in [-0.3, -0.25) is 4.79 Å². The summed E-state index contributed by atoms with van der Waals surface area (Å²) in [6.07, 6.45) is 0. The van der Waals surface area contributed by atoms with E-state index in [2.05, 4.69) is 5.32 Å². The van der Waals surface area contributed by atoms with Crippen molar-refractivity contribution < 1.29 is 13.2 Å². The highest BCUT2D eigenvalue weighted by molar-refractivity contribution is 8.13. The molecule has 0 aliphatic rings. The summed E-state index contributed by atoms with van der Waals surface area (Å²) >= 11 is 0. The first kappa shape index (κ1) is 18.0. The van der Waals surface area contributed by atoms with Gasteiger partial charge in [-0.1, -0.05) is 20.8 Å². The normalized spacial score (nSPS) is 13.9. The fourth-order valence-corrected chi connectivity index (χ4v) is 2.98. The van der Waals surface area contributed by atoms with Crippen LogP contribution in [0.1, 0.15) is 49.2 Å². The van der Waals surface area contributed by atoms with Gasteiger partial charge in [0.1, 0.15) is 0 Å². The monoisotopic (exact) mass is 331 g/mol. The molecule has 4 nitrogen and oxygen atoms in total. The van der Waals surface area contributed by atoms with Crippen LogP contribution in [-0.2, 0) is 9.05 Å².